The van der Waals surface area contributed by atoms with Crippen LogP contribution in [0.15, 0.2) is 30.3 Å². The molecule has 1 unspecified atom stereocenters. The maximum atomic E-state index is 11.6. The summed E-state index contributed by atoms with van der Waals surface area (Å²) in [4.78, 5) is 5.90. The van der Waals surface area contributed by atoms with Crippen molar-refractivity contribution in [1.82, 2.24) is 9.79 Å². The zero-order valence-electron chi connectivity index (χ0n) is 15.0. The van der Waals surface area contributed by atoms with Crippen molar-refractivity contribution in [2.45, 2.75) is 63.9 Å². The van der Waals surface area contributed by atoms with Gasteiger partial charge in [-0.25, -0.2) is 13.1 Å². The molecule has 0 aromatic heterocycles. The number of rotatable bonds is 5. The highest BCUT2D eigenvalue weighted by Crippen LogP contribution is 2.40. The van der Waals surface area contributed by atoms with E-state index in [0.717, 1.165) is 0 Å². The SMILES string of the molecule is CC1(C)CC(NS(C)(=O)=O)CC(C)(C)N1OC(O)c1ccccc1. The highest BCUT2D eigenvalue weighted by atomic mass is 32.2. The fourth-order valence-corrected chi connectivity index (χ4v) is 4.49. The maximum absolute atomic E-state index is 11.6. The van der Waals surface area contributed by atoms with Gasteiger partial charge in [0.15, 0.2) is 0 Å². The van der Waals surface area contributed by atoms with Crippen LogP contribution in [0.2, 0.25) is 0 Å². The Labute approximate surface area is 144 Å². The zero-order chi connectivity index (χ0) is 18.2. The van der Waals surface area contributed by atoms with Gasteiger partial charge >= 0.3 is 0 Å². The Morgan fingerprint density at radius 3 is 2.12 bits per heavy atom. The molecule has 0 bridgehead atoms. The number of piperidine rings is 1. The standard InChI is InChI=1S/C17H28N2O4S/c1-16(2)11-14(18-24(5,21)22)12-17(3,4)19(16)23-15(20)13-9-7-6-8-10-13/h6-10,14-15,18,20H,11-12H2,1-5H3. The molecule has 1 aliphatic heterocycles. The van der Waals surface area contributed by atoms with Crippen LogP contribution in [-0.2, 0) is 14.9 Å². The van der Waals surface area contributed by atoms with Crippen LogP contribution < -0.4 is 4.72 Å². The molecule has 1 aliphatic rings. The number of nitrogens with zero attached hydrogens (tertiary/aromatic N) is 1. The summed E-state index contributed by atoms with van der Waals surface area (Å²) in [6.45, 7) is 7.95. The minimum atomic E-state index is -3.27. The van der Waals surface area contributed by atoms with Crippen molar-refractivity contribution >= 4 is 10.0 Å². The molecule has 0 aliphatic carbocycles. The van der Waals surface area contributed by atoms with E-state index in [0.29, 0.717) is 18.4 Å². The van der Waals surface area contributed by atoms with Gasteiger partial charge in [-0.1, -0.05) is 30.3 Å². The van der Waals surface area contributed by atoms with Gasteiger partial charge in [-0.15, -0.1) is 0 Å². The minimum Gasteiger partial charge on any atom is -0.363 e. The lowest BCUT2D eigenvalue weighted by Gasteiger charge is -2.54. The van der Waals surface area contributed by atoms with Gasteiger partial charge in [-0.3, -0.25) is 4.84 Å². The minimum absolute atomic E-state index is 0.168. The number of hydroxylamine groups is 2. The third kappa shape index (κ3) is 4.77. The van der Waals surface area contributed by atoms with E-state index >= 15 is 0 Å². The van der Waals surface area contributed by atoms with Crippen LogP contribution in [0.4, 0.5) is 0 Å². The van der Waals surface area contributed by atoms with E-state index in [1.807, 2.05) is 58.0 Å². The number of aliphatic hydroxyl groups excluding tert-OH is 1. The number of hydrogen-bond donors (Lipinski definition) is 2. The summed E-state index contributed by atoms with van der Waals surface area (Å²) in [5.74, 6) is 0. The van der Waals surface area contributed by atoms with Crippen LogP contribution in [0.25, 0.3) is 0 Å². The van der Waals surface area contributed by atoms with E-state index in [4.69, 9.17) is 4.84 Å². The summed E-state index contributed by atoms with van der Waals surface area (Å²) in [5, 5.41) is 12.2. The number of aliphatic hydroxyl groups is 1. The van der Waals surface area contributed by atoms with Crippen molar-refractivity contribution < 1.29 is 18.4 Å². The molecule has 0 spiro atoms. The average molecular weight is 356 g/mol. The normalized spacial score (nSPS) is 23.1. The first kappa shape index (κ1) is 19.3. The number of benzene rings is 1. The molecule has 6 nitrogen and oxygen atoms in total. The van der Waals surface area contributed by atoms with Gasteiger partial charge in [0.25, 0.3) is 0 Å². The molecule has 7 heteroatoms. The van der Waals surface area contributed by atoms with Gasteiger partial charge in [0.05, 0.1) is 6.26 Å². The summed E-state index contributed by atoms with van der Waals surface area (Å²) in [6.07, 6.45) is 1.29. The van der Waals surface area contributed by atoms with Crippen LogP contribution in [0, 0.1) is 0 Å². The lowest BCUT2D eigenvalue weighted by atomic mass is 9.79. The Hall–Kier alpha value is -0.990. The van der Waals surface area contributed by atoms with E-state index in [1.54, 1.807) is 5.06 Å². The molecule has 0 amide bonds. The van der Waals surface area contributed by atoms with Crippen molar-refractivity contribution in [2.24, 2.45) is 0 Å². The summed E-state index contributed by atoms with van der Waals surface area (Å²) < 4.78 is 25.8. The van der Waals surface area contributed by atoms with Crippen molar-refractivity contribution in [1.29, 1.82) is 0 Å². The Morgan fingerprint density at radius 1 is 1.17 bits per heavy atom. The quantitative estimate of drug-likeness (QED) is 0.791. The average Bonchev–Trinajstić information content (AvgIpc) is 2.40. The third-order valence-electron chi connectivity index (χ3n) is 4.26. The number of sulfonamides is 1. The van der Waals surface area contributed by atoms with Gasteiger partial charge in [0.2, 0.25) is 16.3 Å². The smallest absolute Gasteiger partial charge is 0.208 e. The molecule has 2 rings (SSSR count). The molecule has 0 radical (unpaired) electrons. The topological polar surface area (TPSA) is 78.9 Å². The van der Waals surface area contributed by atoms with Crippen molar-refractivity contribution in [3.05, 3.63) is 35.9 Å². The first-order valence-corrected chi connectivity index (χ1v) is 9.97. The number of hydrogen-bond acceptors (Lipinski definition) is 5. The van der Waals surface area contributed by atoms with Crippen LogP contribution in [0.5, 0.6) is 0 Å². The molecular formula is C17H28N2O4S. The van der Waals surface area contributed by atoms with Gasteiger partial charge in [-0.05, 0) is 40.5 Å². The highest BCUT2D eigenvalue weighted by Gasteiger charge is 2.48. The second-order valence-corrected chi connectivity index (χ2v) is 9.56. The first-order chi connectivity index (χ1) is 10.9. The molecule has 1 atom stereocenters. The van der Waals surface area contributed by atoms with Gasteiger partial charge < -0.3 is 5.11 Å². The van der Waals surface area contributed by atoms with Gasteiger partial charge in [0, 0.05) is 22.7 Å². The third-order valence-corrected chi connectivity index (χ3v) is 5.02. The van der Waals surface area contributed by atoms with Crippen LogP contribution in [0.1, 0.15) is 52.4 Å². The Bertz CT molecular complexity index is 640. The van der Waals surface area contributed by atoms with E-state index in [-0.39, 0.29) is 6.04 Å². The fourth-order valence-electron chi connectivity index (χ4n) is 3.71. The summed E-state index contributed by atoms with van der Waals surface area (Å²) >= 11 is 0. The second kappa shape index (κ2) is 6.72. The second-order valence-electron chi connectivity index (χ2n) is 7.78. The van der Waals surface area contributed by atoms with Crippen molar-refractivity contribution in [2.75, 3.05) is 6.26 Å². The Balaban J connectivity index is 2.18. The molecule has 2 N–H and O–H groups in total. The predicted octanol–water partition coefficient (Wildman–Crippen LogP) is 2.18. The molecular weight excluding hydrogens is 328 g/mol. The van der Waals surface area contributed by atoms with Crippen LogP contribution in [0.3, 0.4) is 0 Å². The predicted molar refractivity (Wildman–Crippen MR) is 93.5 cm³/mol. The van der Waals surface area contributed by atoms with E-state index in [2.05, 4.69) is 4.72 Å². The Morgan fingerprint density at radius 2 is 1.67 bits per heavy atom. The van der Waals surface area contributed by atoms with E-state index < -0.39 is 27.4 Å². The van der Waals surface area contributed by atoms with Crippen molar-refractivity contribution in [3.8, 4) is 0 Å². The molecule has 1 aromatic rings. The van der Waals surface area contributed by atoms with Gasteiger partial charge in [-0.2, -0.15) is 5.06 Å². The summed E-state index contributed by atoms with van der Waals surface area (Å²) in [7, 11) is -3.27. The fraction of sp³-hybridized carbons (Fsp3) is 0.647. The van der Waals surface area contributed by atoms with E-state index in [1.165, 1.54) is 6.26 Å². The lowest BCUT2D eigenvalue weighted by Crippen LogP contribution is -2.64. The van der Waals surface area contributed by atoms with Crippen LogP contribution >= 0.6 is 0 Å². The molecule has 0 saturated carbocycles. The lowest BCUT2D eigenvalue weighted by molar-refractivity contribution is -0.349. The molecule has 1 saturated heterocycles. The molecule has 1 aromatic carbocycles. The number of nitrogens with one attached hydrogen (secondary N) is 1. The summed E-state index contributed by atoms with van der Waals surface area (Å²) in [6, 6.07) is 9.03. The Kier molecular flexibility index (Phi) is 5.42. The zero-order valence-corrected chi connectivity index (χ0v) is 15.8. The summed E-state index contributed by atoms with van der Waals surface area (Å²) in [5.41, 5.74) is -0.208. The highest BCUT2D eigenvalue weighted by molar-refractivity contribution is 7.88. The molecule has 1 heterocycles. The van der Waals surface area contributed by atoms with Crippen LogP contribution in [-0.4, -0.2) is 42.0 Å². The molecule has 24 heavy (non-hydrogen) atoms. The largest absolute Gasteiger partial charge is 0.363 e. The van der Waals surface area contributed by atoms with Gasteiger partial charge in [0.1, 0.15) is 0 Å². The van der Waals surface area contributed by atoms with E-state index in [9.17, 15) is 13.5 Å². The first-order valence-electron chi connectivity index (χ1n) is 8.08. The monoisotopic (exact) mass is 356 g/mol. The molecule has 1 fully saturated rings. The molecule has 136 valence electrons. The van der Waals surface area contributed by atoms with Crippen molar-refractivity contribution in [3.63, 3.8) is 0 Å². The maximum Gasteiger partial charge on any atom is 0.208 e.